The molecule has 0 spiro atoms. The van der Waals surface area contributed by atoms with Crippen LogP contribution in [0, 0.1) is 19.8 Å². The van der Waals surface area contributed by atoms with E-state index in [-0.39, 0.29) is 11.9 Å². The third kappa shape index (κ3) is 4.32. The van der Waals surface area contributed by atoms with Crippen LogP contribution in [0.25, 0.3) is 0 Å². The smallest absolute Gasteiger partial charge is 0.256 e. The molecule has 0 aliphatic carbocycles. The van der Waals surface area contributed by atoms with Gasteiger partial charge in [-0.05, 0) is 75.0 Å². The van der Waals surface area contributed by atoms with Crippen molar-refractivity contribution in [1.82, 2.24) is 9.88 Å². The predicted octanol–water partition coefficient (Wildman–Crippen LogP) is 5.83. The molecule has 156 valence electrons. The molecule has 1 N–H and O–H groups in total. The second kappa shape index (κ2) is 9.11. The summed E-state index contributed by atoms with van der Waals surface area (Å²) in [5.41, 5.74) is 4.33. The lowest BCUT2D eigenvalue weighted by atomic mass is 9.91. The SMILES string of the molecule is Cc1sc(NC(=O)c2ccccc2)c([C@@H](c2cccnc2)N2CCC(C)CC2)c1C. The second-order valence-electron chi connectivity index (χ2n) is 8.25. The average molecular weight is 420 g/mol. The molecule has 5 heteroatoms. The van der Waals surface area contributed by atoms with E-state index < -0.39 is 0 Å². The van der Waals surface area contributed by atoms with Crippen molar-refractivity contribution >= 4 is 22.2 Å². The van der Waals surface area contributed by atoms with E-state index >= 15 is 0 Å². The van der Waals surface area contributed by atoms with Crippen LogP contribution in [0.4, 0.5) is 5.00 Å². The van der Waals surface area contributed by atoms with Gasteiger partial charge in [0.05, 0.1) is 6.04 Å². The van der Waals surface area contributed by atoms with Gasteiger partial charge in [0, 0.05) is 28.4 Å². The number of carbonyl (C=O) groups excluding carboxylic acids is 1. The summed E-state index contributed by atoms with van der Waals surface area (Å²) in [6.45, 7) is 8.76. The van der Waals surface area contributed by atoms with Crippen molar-refractivity contribution in [2.45, 2.75) is 39.7 Å². The molecule has 2 aromatic heterocycles. The number of hydrogen-bond donors (Lipinski definition) is 1. The topological polar surface area (TPSA) is 45.2 Å². The number of thiophene rings is 1. The summed E-state index contributed by atoms with van der Waals surface area (Å²) in [6.07, 6.45) is 6.19. The van der Waals surface area contributed by atoms with E-state index in [9.17, 15) is 4.79 Å². The highest BCUT2D eigenvalue weighted by Gasteiger charge is 2.31. The minimum atomic E-state index is -0.0599. The molecule has 3 aromatic rings. The van der Waals surface area contributed by atoms with Crippen LogP contribution in [-0.4, -0.2) is 28.9 Å². The Morgan fingerprint density at radius 2 is 1.87 bits per heavy atom. The fraction of sp³-hybridized carbons (Fsp3) is 0.360. The Morgan fingerprint density at radius 3 is 2.53 bits per heavy atom. The summed E-state index contributed by atoms with van der Waals surface area (Å²) >= 11 is 1.67. The highest BCUT2D eigenvalue weighted by Crippen LogP contribution is 2.43. The van der Waals surface area contributed by atoms with Gasteiger partial charge >= 0.3 is 0 Å². The zero-order chi connectivity index (χ0) is 21.1. The quantitative estimate of drug-likeness (QED) is 0.566. The van der Waals surface area contributed by atoms with Gasteiger partial charge in [-0.1, -0.05) is 31.2 Å². The zero-order valence-electron chi connectivity index (χ0n) is 17.9. The van der Waals surface area contributed by atoms with Crippen molar-refractivity contribution in [1.29, 1.82) is 0 Å². The van der Waals surface area contributed by atoms with Crippen LogP contribution < -0.4 is 5.32 Å². The number of pyridine rings is 1. The van der Waals surface area contributed by atoms with E-state index in [4.69, 9.17) is 0 Å². The Morgan fingerprint density at radius 1 is 1.13 bits per heavy atom. The number of nitrogens with one attached hydrogen (secondary N) is 1. The molecule has 1 saturated heterocycles. The van der Waals surface area contributed by atoms with E-state index in [1.54, 1.807) is 11.3 Å². The monoisotopic (exact) mass is 419 g/mol. The first-order valence-electron chi connectivity index (χ1n) is 10.6. The molecule has 1 fully saturated rings. The Labute approximate surface area is 183 Å². The Balaban J connectivity index is 1.74. The molecule has 1 atom stereocenters. The van der Waals surface area contributed by atoms with Crippen LogP contribution in [0.3, 0.4) is 0 Å². The Kier molecular flexibility index (Phi) is 6.30. The van der Waals surface area contributed by atoms with Gasteiger partial charge in [-0.3, -0.25) is 14.7 Å². The minimum absolute atomic E-state index is 0.0599. The molecule has 1 aromatic carbocycles. The fourth-order valence-electron chi connectivity index (χ4n) is 4.22. The van der Waals surface area contributed by atoms with Gasteiger partial charge in [-0.25, -0.2) is 0 Å². The first-order chi connectivity index (χ1) is 14.5. The molecule has 0 unspecified atom stereocenters. The molecule has 0 saturated carbocycles. The van der Waals surface area contributed by atoms with Crippen molar-refractivity contribution in [3.8, 4) is 0 Å². The highest BCUT2D eigenvalue weighted by atomic mass is 32.1. The molecular formula is C25H29N3OS. The van der Waals surface area contributed by atoms with E-state index in [0.29, 0.717) is 5.56 Å². The van der Waals surface area contributed by atoms with Crippen LogP contribution in [0.1, 0.15) is 57.7 Å². The molecule has 1 aliphatic heterocycles. The number of piperidine rings is 1. The Bertz CT molecular complexity index is 992. The van der Waals surface area contributed by atoms with Gasteiger partial charge in [0.1, 0.15) is 5.00 Å². The molecular weight excluding hydrogens is 390 g/mol. The van der Waals surface area contributed by atoms with Gasteiger partial charge < -0.3 is 5.32 Å². The maximum Gasteiger partial charge on any atom is 0.256 e. The van der Waals surface area contributed by atoms with Gasteiger partial charge in [-0.15, -0.1) is 11.3 Å². The maximum atomic E-state index is 12.9. The first kappa shape index (κ1) is 20.8. The molecule has 0 radical (unpaired) electrons. The molecule has 4 rings (SSSR count). The highest BCUT2D eigenvalue weighted by molar-refractivity contribution is 7.16. The van der Waals surface area contributed by atoms with Gasteiger partial charge in [-0.2, -0.15) is 0 Å². The lowest BCUT2D eigenvalue weighted by Crippen LogP contribution is -2.37. The minimum Gasteiger partial charge on any atom is -0.313 e. The summed E-state index contributed by atoms with van der Waals surface area (Å²) < 4.78 is 0. The third-order valence-electron chi connectivity index (χ3n) is 6.15. The van der Waals surface area contributed by atoms with Crippen molar-refractivity contribution in [2.75, 3.05) is 18.4 Å². The molecule has 3 heterocycles. The number of amides is 1. The normalized spacial score (nSPS) is 16.4. The third-order valence-corrected chi connectivity index (χ3v) is 7.29. The largest absolute Gasteiger partial charge is 0.313 e. The standard InChI is InChI=1S/C25H29N3OS/c1-17-11-14-28(15-12-17)23(21-10-7-13-26-16-21)22-18(2)19(3)30-25(22)27-24(29)20-8-5-4-6-9-20/h4-10,13,16-17,23H,11-12,14-15H2,1-3H3,(H,27,29)/t23-/m1/s1. The van der Waals surface area contributed by atoms with Crippen molar-refractivity contribution in [3.63, 3.8) is 0 Å². The van der Waals surface area contributed by atoms with Crippen LogP contribution in [0.5, 0.6) is 0 Å². The van der Waals surface area contributed by atoms with Crippen LogP contribution in [-0.2, 0) is 0 Å². The number of hydrogen-bond acceptors (Lipinski definition) is 4. The number of benzene rings is 1. The lowest BCUT2D eigenvalue weighted by Gasteiger charge is -2.37. The predicted molar refractivity (Wildman–Crippen MR) is 124 cm³/mol. The van der Waals surface area contributed by atoms with Crippen LogP contribution in [0.2, 0.25) is 0 Å². The summed E-state index contributed by atoms with van der Waals surface area (Å²) in [5, 5.41) is 4.17. The van der Waals surface area contributed by atoms with E-state index in [2.05, 4.69) is 42.0 Å². The van der Waals surface area contributed by atoms with Gasteiger partial charge in [0.2, 0.25) is 0 Å². The van der Waals surface area contributed by atoms with Crippen molar-refractivity contribution in [3.05, 3.63) is 82.0 Å². The fourth-order valence-corrected chi connectivity index (χ4v) is 5.30. The van der Waals surface area contributed by atoms with E-state index in [1.807, 2.05) is 48.8 Å². The molecule has 0 bridgehead atoms. The maximum absolute atomic E-state index is 12.9. The van der Waals surface area contributed by atoms with E-state index in [1.165, 1.54) is 34.4 Å². The summed E-state index contributed by atoms with van der Waals surface area (Å²) in [7, 11) is 0. The first-order valence-corrected chi connectivity index (χ1v) is 11.5. The van der Waals surface area contributed by atoms with Gasteiger partial charge in [0.15, 0.2) is 0 Å². The number of likely N-dealkylation sites (tertiary alicyclic amines) is 1. The van der Waals surface area contributed by atoms with Crippen LogP contribution in [0.15, 0.2) is 54.9 Å². The second-order valence-corrected chi connectivity index (χ2v) is 9.48. The summed E-state index contributed by atoms with van der Waals surface area (Å²) in [6, 6.07) is 13.7. The van der Waals surface area contributed by atoms with Gasteiger partial charge in [0.25, 0.3) is 5.91 Å². The van der Waals surface area contributed by atoms with E-state index in [0.717, 1.165) is 24.0 Å². The number of anilines is 1. The summed E-state index contributed by atoms with van der Waals surface area (Å²) in [4.78, 5) is 21.1. The number of aryl methyl sites for hydroxylation is 1. The molecule has 30 heavy (non-hydrogen) atoms. The lowest BCUT2D eigenvalue weighted by molar-refractivity contribution is 0.102. The number of rotatable bonds is 5. The Hall–Kier alpha value is -2.50. The van der Waals surface area contributed by atoms with Crippen molar-refractivity contribution in [2.24, 2.45) is 5.92 Å². The molecule has 1 amide bonds. The number of nitrogens with zero attached hydrogens (tertiary/aromatic N) is 2. The molecule has 1 aliphatic rings. The van der Waals surface area contributed by atoms with Crippen LogP contribution >= 0.6 is 11.3 Å². The average Bonchev–Trinajstić information content (AvgIpc) is 3.04. The number of carbonyl (C=O) groups is 1. The van der Waals surface area contributed by atoms with Crippen molar-refractivity contribution < 1.29 is 4.79 Å². The summed E-state index contributed by atoms with van der Waals surface area (Å²) in [5.74, 6) is 0.702. The molecule has 4 nitrogen and oxygen atoms in total. The number of aromatic nitrogens is 1. The zero-order valence-corrected chi connectivity index (χ0v) is 18.7.